The molecule has 2 aromatic rings. The molecule has 4 nitrogen and oxygen atoms in total. The fourth-order valence-electron chi connectivity index (χ4n) is 2.72. The molecule has 0 aromatic heterocycles. The molecule has 1 atom stereocenters. The van der Waals surface area contributed by atoms with Gasteiger partial charge in [0, 0.05) is 21.8 Å². The van der Waals surface area contributed by atoms with Crippen LogP contribution in [0.15, 0.2) is 72.4 Å². The lowest BCUT2D eigenvalue weighted by Crippen LogP contribution is -2.18. The molecule has 2 aromatic carbocycles. The molecule has 1 aliphatic rings. The molecule has 1 saturated carbocycles. The van der Waals surface area contributed by atoms with Gasteiger partial charge in [0.2, 0.25) is 5.91 Å². The summed E-state index contributed by atoms with van der Waals surface area (Å²) in [5.74, 6) is -3.80. The highest BCUT2D eigenvalue weighted by Crippen LogP contribution is 2.53. The molecule has 11 heteroatoms. The molecule has 1 unspecified atom stereocenters. The second-order valence-corrected chi connectivity index (χ2v) is 10.6. The van der Waals surface area contributed by atoms with E-state index >= 15 is 0 Å². The number of carbonyl (C=O) groups excluding carboxylic acids is 2. The van der Waals surface area contributed by atoms with Crippen LogP contribution in [0.2, 0.25) is 15.1 Å². The zero-order valence-corrected chi connectivity index (χ0v) is 22.9. The minimum absolute atomic E-state index is 0.110. The molecular formula is C25H21Cl5F2N2O2. The van der Waals surface area contributed by atoms with Crippen molar-refractivity contribution in [3.63, 3.8) is 0 Å². The number of hydrogen-bond acceptors (Lipinski definition) is 2. The van der Waals surface area contributed by atoms with E-state index in [1.54, 1.807) is 6.07 Å². The molecule has 36 heavy (non-hydrogen) atoms. The molecule has 0 spiro atoms. The lowest BCUT2D eigenvalue weighted by Gasteiger charge is -2.11. The summed E-state index contributed by atoms with van der Waals surface area (Å²) in [5, 5.41) is 6.50. The van der Waals surface area contributed by atoms with Gasteiger partial charge in [-0.1, -0.05) is 47.5 Å². The number of benzene rings is 2. The van der Waals surface area contributed by atoms with Crippen LogP contribution in [0, 0.1) is 12.8 Å². The third-order valence-corrected chi connectivity index (χ3v) is 6.34. The van der Waals surface area contributed by atoms with Crippen LogP contribution in [-0.2, 0) is 9.59 Å². The maximum atomic E-state index is 13.8. The number of anilines is 2. The Balaban J connectivity index is 0.000000425. The minimum Gasteiger partial charge on any atom is -0.326 e. The van der Waals surface area contributed by atoms with Gasteiger partial charge in [-0.2, -0.15) is 0 Å². The van der Waals surface area contributed by atoms with Crippen molar-refractivity contribution in [1.82, 2.24) is 0 Å². The van der Waals surface area contributed by atoms with Gasteiger partial charge in [0.15, 0.2) is 0 Å². The Bertz CT molecular complexity index is 1190. The Morgan fingerprint density at radius 1 is 1.06 bits per heavy atom. The van der Waals surface area contributed by atoms with Crippen LogP contribution < -0.4 is 10.6 Å². The fourth-order valence-corrected chi connectivity index (χ4v) is 4.02. The Hall–Kier alpha value is -2.09. The first kappa shape index (κ1) is 30.1. The molecular weight excluding hydrogens is 576 g/mol. The van der Waals surface area contributed by atoms with E-state index in [0.717, 1.165) is 11.6 Å². The molecule has 0 bridgehead atoms. The Labute approximate surface area is 232 Å². The highest BCUT2D eigenvalue weighted by Gasteiger charge is 2.56. The molecule has 0 saturated heterocycles. The summed E-state index contributed by atoms with van der Waals surface area (Å²) < 4.78 is 25.8. The predicted molar refractivity (Wildman–Crippen MR) is 146 cm³/mol. The quantitative estimate of drug-likeness (QED) is 0.199. The maximum Gasteiger partial charge on any atom is 0.258 e. The van der Waals surface area contributed by atoms with Crippen molar-refractivity contribution in [1.29, 1.82) is 0 Å². The van der Waals surface area contributed by atoms with Crippen molar-refractivity contribution in [2.75, 3.05) is 10.6 Å². The topological polar surface area (TPSA) is 58.2 Å². The number of halogens is 7. The lowest BCUT2D eigenvalue weighted by molar-refractivity contribution is -0.117. The number of amides is 2. The van der Waals surface area contributed by atoms with Crippen LogP contribution in [0.5, 0.6) is 0 Å². The van der Waals surface area contributed by atoms with Gasteiger partial charge in [-0.15, -0.1) is 23.2 Å². The maximum absolute atomic E-state index is 13.8. The van der Waals surface area contributed by atoms with E-state index in [0.29, 0.717) is 28.2 Å². The number of nitrogens with one attached hydrogen (secondary N) is 2. The highest BCUT2D eigenvalue weighted by molar-refractivity contribution is 6.52. The number of aryl methyl sites for hydroxylation is 1. The molecule has 1 aliphatic carbocycles. The zero-order valence-electron chi connectivity index (χ0n) is 19.1. The second-order valence-electron chi connectivity index (χ2n) is 7.75. The molecule has 0 heterocycles. The van der Waals surface area contributed by atoms with Crippen molar-refractivity contribution in [3.8, 4) is 0 Å². The summed E-state index contributed by atoms with van der Waals surface area (Å²) in [4.78, 5) is 24.1. The first-order valence-electron chi connectivity index (χ1n) is 10.3. The van der Waals surface area contributed by atoms with Gasteiger partial charge in [-0.05, 0) is 62.2 Å². The van der Waals surface area contributed by atoms with E-state index < -0.39 is 33.4 Å². The number of carbonyl (C=O) groups is 2. The van der Waals surface area contributed by atoms with Crippen molar-refractivity contribution in [3.05, 3.63) is 93.0 Å². The molecule has 0 aliphatic heterocycles. The van der Waals surface area contributed by atoms with Gasteiger partial charge in [-0.25, -0.2) is 8.78 Å². The fraction of sp³-hybridized carbons (Fsp3) is 0.200. The van der Waals surface area contributed by atoms with Crippen LogP contribution in [-0.4, -0.2) is 16.1 Å². The third-order valence-electron chi connectivity index (χ3n) is 4.73. The second kappa shape index (κ2) is 12.9. The SMILES string of the molecule is C=C(C(=O)Nc1cc(NC(=O)C2CC2(Cl)Cl)ccc1Cl)/C(F)=C\C(F)=C/C.Cc1cc(Cl)cc(Cl)c1. The van der Waals surface area contributed by atoms with Gasteiger partial charge < -0.3 is 10.6 Å². The van der Waals surface area contributed by atoms with Gasteiger partial charge in [0.1, 0.15) is 16.0 Å². The van der Waals surface area contributed by atoms with Gasteiger partial charge in [0.05, 0.1) is 22.2 Å². The Kier molecular flexibility index (Phi) is 10.8. The van der Waals surface area contributed by atoms with E-state index in [2.05, 4.69) is 17.2 Å². The van der Waals surface area contributed by atoms with Crippen molar-refractivity contribution < 1.29 is 18.4 Å². The van der Waals surface area contributed by atoms with Crippen LogP contribution in [0.1, 0.15) is 18.9 Å². The van der Waals surface area contributed by atoms with Crippen molar-refractivity contribution >= 4 is 81.2 Å². The number of allylic oxidation sites excluding steroid dienone is 3. The average molecular weight is 597 g/mol. The number of hydrogen-bond donors (Lipinski definition) is 2. The van der Waals surface area contributed by atoms with E-state index in [1.807, 2.05) is 19.1 Å². The van der Waals surface area contributed by atoms with Gasteiger partial charge in [-0.3, -0.25) is 9.59 Å². The smallest absolute Gasteiger partial charge is 0.258 e. The van der Waals surface area contributed by atoms with Crippen LogP contribution in [0.3, 0.4) is 0 Å². The molecule has 2 N–H and O–H groups in total. The Morgan fingerprint density at radius 2 is 1.64 bits per heavy atom. The zero-order chi connectivity index (χ0) is 27.2. The van der Waals surface area contributed by atoms with Crippen molar-refractivity contribution in [2.45, 2.75) is 24.6 Å². The standard InChI is InChI=1S/C18H15Cl3F2N2O2.C7H6Cl2/c1-3-10(22)6-14(23)9(2)16(26)25-15-7-11(4-5-13(15)19)24-17(27)12-8-18(12,20)21;1-5-2-6(8)4-7(9)3-5/h3-7,12H,2,8H2,1H3,(H,24,27)(H,25,26);2-4H,1H3/b10-3+,14-6+;. The van der Waals surface area contributed by atoms with E-state index in [9.17, 15) is 18.4 Å². The molecule has 0 radical (unpaired) electrons. The van der Waals surface area contributed by atoms with Gasteiger partial charge >= 0.3 is 0 Å². The number of rotatable bonds is 6. The van der Waals surface area contributed by atoms with E-state index in [1.165, 1.54) is 25.1 Å². The average Bonchev–Trinajstić information content (AvgIpc) is 3.43. The summed E-state index contributed by atoms with van der Waals surface area (Å²) in [7, 11) is 0. The summed E-state index contributed by atoms with van der Waals surface area (Å²) >= 11 is 29.0. The first-order chi connectivity index (χ1) is 16.7. The molecule has 2 amide bonds. The summed E-state index contributed by atoms with van der Waals surface area (Å²) in [6.07, 6.45) is 1.91. The van der Waals surface area contributed by atoms with Crippen molar-refractivity contribution in [2.24, 2.45) is 5.92 Å². The van der Waals surface area contributed by atoms with Crippen LogP contribution in [0.25, 0.3) is 0 Å². The van der Waals surface area contributed by atoms with E-state index in [-0.39, 0.29) is 16.6 Å². The predicted octanol–water partition coefficient (Wildman–Crippen LogP) is 9.00. The normalized spacial score (nSPS) is 16.4. The summed E-state index contributed by atoms with van der Waals surface area (Å²) in [5.41, 5.74) is 0.952. The monoisotopic (exact) mass is 594 g/mol. The molecule has 3 rings (SSSR count). The van der Waals surface area contributed by atoms with Crippen LogP contribution >= 0.6 is 58.0 Å². The largest absolute Gasteiger partial charge is 0.326 e. The summed E-state index contributed by atoms with van der Waals surface area (Å²) in [6.45, 7) is 6.63. The molecule has 192 valence electrons. The highest BCUT2D eigenvalue weighted by atomic mass is 35.5. The summed E-state index contributed by atoms with van der Waals surface area (Å²) in [6, 6.07) is 9.78. The Morgan fingerprint density at radius 3 is 2.14 bits per heavy atom. The van der Waals surface area contributed by atoms with Crippen LogP contribution in [0.4, 0.5) is 20.2 Å². The van der Waals surface area contributed by atoms with E-state index in [4.69, 9.17) is 58.0 Å². The number of alkyl halides is 2. The lowest BCUT2D eigenvalue weighted by atomic mass is 10.2. The first-order valence-corrected chi connectivity index (χ1v) is 12.2. The van der Waals surface area contributed by atoms with Gasteiger partial charge in [0.25, 0.3) is 5.91 Å². The minimum atomic E-state index is -1.13. The third kappa shape index (κ3) is 9.09. The molecule has 1 fully saturated rings.